The molecule has 0 bridgehead atoms. The van der Waals surface area contributed by atoms with Gasteiger partial charge in [0.15, 0.2) is 0 Å². The Morgan fingerprint density at radius 1 is 0.857 bits per heavy atom. The molecule has 0 aliphatic heterocycles. The van der Waals surface area contributed by atoms with E-state index in [4.69, 9.17) is 0 Å². The minimum Gasteiger partial charge on any atom is -0.550 e. The molecule has 0 spiro atoms. The molecule has 162 valence electrons. The van der Waals surface area contributed by atoms with Crippen molar-refractivity contribution in [2.75, 3.05) is 26.2 Å². The minimum absolute atomic E-state index is 0.0988. The maximum Gasteiger partial charge on any atom is 0.311 e. The number of carbonyl (C=O) groups is 3. The van der Waals surface area contributed by atoms with Crippen LogP contribution in [0.3, 0.4) is 0 Å². The van der Waals surface area contributed by atoms with Crippen LogP contribution in [0.5, 0.6) is 0 Å². The van der Waals surface area contributed by atoms with E-state index in [9.17, 15) is 29.7 Å². The number of unbranched alkanes of at least 4 members (excludes halogenated alkanes) is 4. The van der Waals surface area contributed by atoms with Gasteiger partial charge in [-0.2, -0.15) is 0 Å². The maximum absolute atomic E-state index is 11.4. The van der Waals surface area contributed by atoms with Crippen LogP contribution < -0.4 is 5.11 Å². The number of hydrogen-bond donors (Lipinski definition) is 2. The quantitative estimate of drug-likeness (QED) is 0.233. The van der Waals surface area contributed by atoms with Gasteiger partial charge < -0.3 is 24.6 Å². The molecule has 0 aromatic rings. The molecule has 2 N–H and O–H groups in total. The molecule has 7 nitrogen and oxygen atoms in total. The Kier molecular flexibility index (Phi) is 12.4. The van der Waals surface area contributed by atoms with E-state index in [1.807, 2.05) is 12.2 Å². The Labute approximate surface area is 168 Å². The molecule has 7 heteroatoms. The lowest BCUT2D eigenvalue weighted by molar-refractivity contribution is -0.929. The molecule has 28 heavy (non-hydrogen) atoms. The van der Waals surface area contributed by atoms with Gasteiger partial charge in [-0.1, -0.05) is 39.2 Å². The van der Waals surface area contributed by atoms with E-state index in [1.54, 1.807) is 13.8 Å². The zero-order valence-electron chi connectivity index (χ0n) is 17.7. The number of quaternary nitrogens is 1. The van der Waals surface area contributed by atoms with Crippen LogP contribution >= 0.6 is 0 Å². The zero-order valence-corrected chi connectivity index (χ0v) is 17.7. The first-order valence-corrected chi connectivity index (χ1v) is 10.2. The number of hydrogen-bond acceptors (Lipinski definition) is 4. The zero-order chi connectivity index (χ0) is 21.7. The van der Waals surface area contributed by atoms with Crippen LogP contribution in [0, 0.1) is 17.8 Å². The van der Waals surface area contributed by atoms with Crippen LogP contribution in [0.2, 0.25) is 0 Å². The maximum atomic E-state index is 11.4. The van der Waals surface area contributed by atoms with E-state index in [-0.39, 0.29) is 24.1 Å². The van der Waals surface area contributed by atoms with Gasteiger partial charge >= 0.3 is 11.9 Å². The van der Waals surface area contributed by atoms with Crippen LogP contribution in [0.1, 0.15) is 59.8 Å². The lowest BCUT2D eigenvalue weighted by Crippen LogP contribution is -2.58. The van der Waals surface area contributed by atoms with Gasteiger partial charge in [-0.25, -0.2) is 0 Å². The first kappa shape index (κ1) is 26.1. The standard InChI is InChI=1S/C21H37NO6/c1-5-6-7-8-9-10-11-12-22(13-16(2)19(23)24,14-17(3)20(25)26)15-18(4)21(27)28/h10-11,16-18H,5-9,12-15H2,1-4H3,(H2-,23,24,25,26,27,28)/b11-10+. The highest BCUT2D eigenvalue weighted by Crippen LogP contribution is 2.20. The van der Waals surface area contributed by atoms with Gasteiger partial charge in [0.1, 0.15) is 11.8 Å². The number of carboxylic acids is 3. The third-order valence-corrected chi connectivity index (χ3v) is 5.11. The fourth-order valence-electron chi connectivity index (χ4n) is 3.53. The summed E-state index contributed by atoms with van der Waals surface area (Å²) >= 11 is 0. The molecule has 0 heterocycles. The number of carbonyl (C=O) groups excluding carboxylic acids is 1. The third-order valence-electron chi connectivity index (χ3n) is 5.11. The molecule has 0 rings (SSSR count). The number of rotatable bonds is 16. The van der Waals surface area contributed by atoms with Crippen LogP contribution in [-0.2, 0) is 14.4 Å². The SMILES string of the molecule is CCCCCC/C=C/C[N+](CC(C)C(=O)[O-])(CC(C)C(=O)O)CC(C)C(=O)O. The van der Waals surface area contributed by atoms with Crippen molar-refractivity contribution in [3.05, 3.63) is 12.2 Å². The summed E-state index contributed by atoms with van der Waals surface area (Å²) in [5.74, 6) is -5.40. The van der Waals surface area contributed by atoms with Crippen molar-refractivity contribution < 1.29 is 34.2 Å². The minimum atomic E-state index is -1.21. The van der Waals surface area contributed by atoms with E-state index in [1.165, 1.54) is 13.3 Å². The fraction of sp³-hybridized carbons (Fsp3) is 0.762. The molecule has 0 saturated heterocycles. The lowest BCUT2D eigenvalue weighted by Gasteiger charge is -2.42. The molecule has 0 aromatic heterocycles. The summed E-state index contributed by atoms with van der Waals surface area (Å²) in [4.78, 5) is 34.2. The van der Waals surface area contributed by atoms with Gasteiger partial charge in [-0.15, -0.1) is 0 Å². The second-order valence-electron chi connectivity index (χ2n) is 8.09. The van der Waals surface area contributed by atoms with Gasteiger partial charge in [-0.3, -0.25) is 9.59 Å². The second kappa shape index (κ2) is 13.3. The van der Waals surface area contributed by atoms with Gasteiger partial charge in [0, 0.05) is 11.9 Å². The predicted octanol–water partition coefficient (Wildman–Crippen LogP) is 2.16. The smallest absolute Gasteiger partial charge is 0.311 e. The molecule has 0 amide bonds. The summed E-state index contributed by atoms with van der Waals surface area (Å²) < 4.78 is 0.0988. The Morgan fingerprint density at radius 3 is 1.79 bits per heavy atom. The summed E-state index contributed by atoms with van der Waals surface area (Å²) in [7, 11) is 0. The molecule has 0 fully saturated rings. The van der Waals surface area contributed by atoms with Gasteiger partial charge in [0.05, 0.1) is 26.2 Å². The summed E-state index contributed by atoms with van der Waals surface area (Å²) in [5, 5.41) is 30.0. The van der Waals surface area contributed by atoms with Crippen LogP contribution in [0.15, 0.2) is 12.2 Å². The highest BCUT2D eigenvalue weighted by Gasteiger charge is 2.36. The van der Waals surface area contributed by atoms with Crippen LogP contribution in [0.25, 0.3) is 0 Å². The normalized spacial score (nSPS) is 17.0. The van der Waals surface area contributed by atoms with E-state index in [2.05, 4.69) is 6.92 Å². The Bertz CT molecular complexity index is 476. The molecule has 3 atom stereocenters. The molecule has 0 aromatic carbocycles. The Balaban J connectivity index is 5.47. The van der Waals surface area contributed by atoms with E-state index < -0.39 is 35.7 Å². The van der Waals surface area contributed by atoms with Crippen molar-refractivity contribution >= 4 is 17.9 Å². The van der Waals surface area contributed by atoms with Crippen molar-refractivity contribution in [1.29, 1.82) is 0 Å². The van der Waals surface area contributed by atoms with Crippen molar-refractivity contribution in [3.63, 3.8) is 0 Å². The van der Waals surface area contributed by atoms with Gasteiger partial charge in [-0.05, 0) is 32.8 Å². The summed E-state index contributed by atoms with van der Waals surface area (Å²) in [6.07, 6.45) is 9.43. The number of aliphatic carboxylic acids is 3. The largest absolute Gasteiger partial charge is 0.550 e. The molecule has 0 aliphatic rings. The summed E-state index contributed by atoms with van der Waals surface area (Å²) in [6, 6.07) is 0. The first-order valence-electron chi connectivity index (χ1n) is 10.2. The monoisotopic (exact) mass is 399 g/mol. The van der Waals surface area contributed by atoms with E-state index >= 15 is 0 Å². The number of allylic oxidation sites excluding steroid dienone is 1. The van der Waals surface area contributed by atoms with Crippen molar-refractivity contribution in [2.45, 2.75) is 59.8 Å². The average molecular weight is 400 g/mol. The van der Waals surface area contributed by atoms with E-state index in [0.29, 0.717) is 6.54 Å². The molecule has 0 aliphatic carbocycles. The average Bonchev–Trinajstić information content (AvgIpc) is 2.60. The van der Waals surface area contributed by atoms with Crippen molar-refractivity contribution in [2.24, 2.45) is 17.8 Å². The second-order valence-corrected chi connectivity index (χ2v) is 8.09. The van der Waals surface area contributed by atoms with Gasteiger partial charge in [0.25, 0.3) is 0 Å². The third kappa shape index (κ3) is 10.4. The predicted molar refractivity (Wildman–Crippen MR) is 105 cm³/mol. The lowest BCUT2D eigenvalue weighted by atomic mass is 10.0. The molecule has 0 radical (unpaired) electrons. The van der Waals surface area contributed by atoms with Crippen LogP contribution in [-0.4, -0.2) is 58.8 Å². The van der Waals surface area contributed by atoms with Crippen LogP contribution in [0.4, 0.5) is 0 Å². The van der Waals surface area contributed by atoms with Crippen molar-refractivity contribution in [1.82, 2.24) is 0 Å². The van der Waals surface area contributed by atoms with Crippen molar-refractivity contribution in [3.8, 4) is 0 Å². The highest BCUT2D eigenvalue weighted by atomic mass is 16.4. The number of carboxylic acid groups (broad SMARTS) is 3. The topological polar surface area (TPSA) is 115 Å². The highest BCUT2D eigenvalue weighted by molar-refractivity contribution is 5.70. The number of nitrogens with zero attached hydrogens (tertiary/aromatic N) is 1. The molecular formula is C21H37NO6. The fourth-order valence-corrected chi connectivity index (χ4v) is 3.53. The summed E-state index contributed by atoms with van der Waals surface area (Å²) in [5.41, 5.74) is 0. The first-order chi connectivity index (χ1) is 13.0. The Morgan fingerprint density at radius 2 is 1.36 bits per heavy atom. The Hall–Kier alpha value is -1.89. The molecular weight excluding hydrogens is 362 g/mol. The molecule has 3 unspecified atom stereocenters. The van der Waals surface area contributed by atoms with E-state index in [0.717, 1.165) is 25.7 Å². The van der Waals surface area contributed by atoms with Gasteiger partial charge in [0.2, 0.25) is 0 Å². The molecule has 0 saturated carbocycles. The summed E-state index contributed by atoms with van der Waals surface area (Å²) in [6.45, 7) is 7.69.